The first-order chi connectivity index (χ1) is 10.1. The van der Waals surface area contributed by atoms with Crippen molar-refractivity contribution in [2.75, 3.05) is 66.1 Å². The highest BCUT2D eigenvalue weighted by molar-refractivity contribution is 14.0. The van der Waals surface area contributed by atoms with Crippen LogP contribution in [0.1, 0.15) is 13.8 Å². The Morgan fingerprint density at radius 1 is 1.09 bits per heavy atom. The molecule has 0 aromatic carbocycles. The average molecular weight is 425 g/mol. The Hall–Kier alpha value is -0.120. The summed E-state index contributed by atoms with van der Waals surface area (Å²) in [6.07, 6.45) is 0. The normalized spacial score (nSPS) is 23.5. The first-order valence-electron chi connectivity index (χ1n) is 8.13. The lowest BCUT2D eigenvalue weighted by Crippen LogP contribution is -2.52. The molecule has 0 aromatic heterocycles. The van der Waals surface area contributed by atoms with E-state index in [0.29, 0.717) is 17.9 Å². The van der Waals surface area contributed by atoms with E-state index in [1.165, 1.54) is 0 Å². The summed E-state index contributed by atoms with van der Waals surface area (Å²) >= 11 is 0. The van der Waals surface area contributed by atoms with Crippen LogP contribution in [0.15, 0.2) is 4.99 Å². The summed E-state index contributed by atoms with van der Waals surface area (Å²) in [4.78, 5) is 11.8. The van der Waals surface area contributed by atoms with Crippen LogP contribution in [-0.4, -0.2) is 92.8 Å². The minimum atomic E-state index is 0. The van der Waals surface area contributed by atoms with Gasteiger partial charge in [0.05, 0.1) is 19.8 Å². The summed E-state index contributed by atoms with van der Waals surface area (Å²) in [7, 11) is 2.19. The molecule has 22 heavy (non-hydrogen) atoms. The lowest BCUT2D eigenvalue weighted by Gasteiger charge is -2.39. The molecule has 0 radical (unpaired) electrons. The van der Waals surface area contributed by atoms with Gasteiger partial charge in [-0.15, -0.1) is 24.0 Å². The monoisotopic (exact) mass is 425 g/mol. The number of hydrogen-bond donors (Lipinski definition) is 1. The highest BCUT2D eigenvalue weighted by Crippen LogP contribution is 2.14. The van der Waals surface area contributed by atoms with Crippen molar-refractivity contribution in [2.24, 2.45) is 16.6 Å². The molecule has 0 saturated carbocycles. The average Bonchev–Trinajstić information content (AvgIpc) is 2.49. The molecule has 2 saturated heterocycles. The van der Waals surface area contributed by atoms with Gasteiger partial charge >= 0.3 is 0 Å². The molecule has 0 aromatic rings. The van der Waals surface area contributed by atoms with E-state index in [-0.39, 0.29) is 24.0 Å². The van der Waals surface area contributed by atoms with Gasteiger partial charge in [0.15, 0.2) is 5.96 Å². The van der Waals surface area contributed by atoms with Crippen molar-refractivity contribution in [3.63, 3.8) is 0 Å². The van der Waals surface area contributed by atoms with Crippen molar-refractivity contribution in [2.45, 2.75) is 19.9 Å². The van der Waals surface area contributed by atoms with Gasteiger partial charge in [0.25, 0.3) is 0 Å². The Morgan fingerprint density at radius 2 is 1.68 bits per heavy atom. The minimum absolute atomic E-state index is 0. The van der Waals surface area contributed by atoms with Gasteiger partial charge in [0.1, 0.15) is 0 Å². The van der Waals surface area contributed by atoms with Gasteiger partial charge in [-0.2, -0.15) is 0 Å². The van der Waals surface area contributed by atoms with Crippen LogP contribution in [0.2, 0.25) is 0 Å². The number of guanidine groups is 1. The van der Waals surface area contributed by atoms with E-state index in [2.05, 4.69) is 40.6 Å². The fraction of sp³-hybridized carbons (Fsp3) is 0.933. The molecule has 2 aliphatic rings. The third-order valence-corrected chi connectivity index (χ3v) is 4.55. The van der Waals surface area contributed by atoms with Crippen molar-refractivity contribution in [1.29, 1.82) is 0 Å². The number of aliphatic imine (C=N–C) groups is 1. The molecule has 130 valence electrons. The molecule has 6 nitrogen and oxygen atoms in total. The molecule has 2 heterocycles. The molecule has 0 bridgehead atoms. The van der Waals surface area contributed by atoms with Gasteiger partial charge in [-0.25, -0.2) is 0 Å². The second-order valence-electron chi connectivity index (χ2n) is 6.45. The Kier molecular flexibility index (Phi) is 8.96. The predicted molar refractivity (Wildman–Crippen MR) is 102 cm³/mol. The number of hydrogen-bond acceptors (Lipinski definition) is 4. The molecule has 0 aliphatic carbocycles. The van der Waals surface area contributed by atoms with Crippen LogP contribution >= 0.6 is 24.0 Å². The number of rotatable bonds is 4. The summed E-state index contributed by atoms with van der Waals surface area (Å²) in [5.41, 5.74) is 6.14. The third-order valence-electron chi connectivity index (χ3n) is 4.55. The van der Waals surface area contributed by atoms with Gasteiger partial charge in [0, 0.05) is 45.3 Å². The Balaban J connectivity index is 0.00000242. The van der Waals surface area contributed by atoms with E-state index in [1.807, 2.05) is 0 Å². The molecule has 2 rings (SSSR count). The van der Waals surface area contributed by atoms with Gasteiger partial charge in [-0.05, 0) is 13.0 Å². The van der Waals surface area contributed by atoms with E-state index in [4.69, 9.17) is 10.5 Å². The fourth-order valence-corrected chi connectivity index (χ4v) is 2.98. The van der Waals surface area contributed by atoms with E-state index < -0.39 is 0 Å². The zero-order valence-electron chi connectivity index (χ0n) is 14.2. The molecule has 0 spiro atoms. The molecular weight excluding hydrogens is 393 g/mol. The number of piperazine rings is 1. The van der Waals surface area contributed by atoms with Gasteiger partial charge in [-0.3, -0.25) is 9.89 Å². The second kappa shape index (κ2) is 9.89. The smallest absolute Gasteiger partial charge is 0.191 e. The molecule has 7 heteroatoms. The summed E-state index contributed by atoms with van der Waals surface area (Å²) in [5, 5.41) is 0. The summed E-state index contributed by atoms with van der Waals surface area (Å²) < 4.78 is 5.35. The summed E-state index contributed by atoms with van der Waals surface area (Å²) in [5.74, 6) is 1.27. The molecule has 2 N–H and O–H groups in total. The van der Waals surface area contributed by atoms with Crippen molar-refractivity contribution in [3.8, 4) is 0 Å². The SMILES string of the molecule is CC(C)C(CN=C(N)N1CCOCC1)N1CCN(C)CC1.I. The molecular formula is C15H32IN5O. The highest BCUT2D eigenvalue weighted by atomic mass is 127. The Morgan fingerprint density at radius 3 is 2.23 bits per heavy atom. The number of halogens is 1. The maximum absolute atomic E-state index is 6.14. The van der Waals surface area contributed by atoms with Crippen LogP contribution in [0.4, 0.5) is 0 Å². The maximum atomic E-state index is 6.14. The first-order valence-corrected chi connectivity index (χ1v) is 8.13. The molecule has 2 fully saturated rings. The van der Waals surface area contributed by atoms with Crippen LogP contribution in [-0.2, 0) is 4.74 Å². The van der Waals surface area contributed by atoms with E-state index in [0.717, 1.165) is 59.0 Å². The number of morpholine rings is 1. The zero-order valence-corrected chi connectivity index (χ0v) is 16.5. The first kappa shape index (κ1) is 19.9. The lowest BCUT2D eigenvalue weighted by atomic mass is 10.0. The van der Waals surface area contributed by atoms with Crippen molar-refractivity contribution < 1.29 is 4.74 Å². The zero-order chi connectivity index (χ0) is 15.2. The van der Waals surface area contributed by atoms with E-state index in [9.17, 15) is 0 Å². The largest absolute Gasteiger partial charge is 0.378 e. The van der Waals surface area contributed by atoms with Crippen LogP contribution in [0, 0.1) is 5.92 Å². The van der Waals surface area contributed by atoms with E-state index >= 15 is 0 Å². The van der Waals surface area contributed by atoms with Crippen LogP contribution in [0.5, 0.6) is 0 Å². The van der Waals surface area contributed by atoms with Gasteiger partial charge in [-0.1, -0.05) is 13.8 Å². The van der Waals surface area contributed by atoms with Gasteiger partial charge in [0.2, 0.25) is 0 Å². The minimum Gasteiger partial charge on any atom is -0.378 e. The van der Waals surface area contributed by atoms with Crippen LogP contribution in [0.3, 0.4) is 0 Å². The number of likely N-dealkylation sites (N-methyl/N-ethyl adjacent to an activating group) is 1. The molecule has 0 amide bonds. The highest BCUT2D eigenvalue weighted by Gasteiger charge is 2.25. The van der Waals surface area contributed by atoms with Crippen LogP contribution < -0.4 is 5.73 Å². The molecule has 2 aliphatic heterocycles. The fourth-order valence-electron chi connectivity index (χ4n) is 2.98. The summed E-state index contributed by atoms with van der Waals surface area (Å²) in [6.45, 7) is 13.1. The molecule has 1 atom stereocenters. The predicted octanol–water partition coefficient (Wildman–Crippen LogP) is 0.523. The number of nitrogens with two attached hydrogens (primary N) is 1. The van der Waals surface area contributed by atoms with Crippen molar-refractivity contribution >= 4 is 29.9 Å². The Bertz CT molecular complexity index is 339. The number of nitrogens with zero attached hydrogens (tertiary/aromatic N) is 4. The van der Waals surface area contributed by atoms with Crippen LogP contribution in [0.25, 0.3) is 0 Å². The van der Waals surface area contributed by atoms with Crippen molar-refractivity contribution in [3.05, 3.63) is 0 Å². The lowest BCUT2D eigenvalue weighted by molar-refractivity contribution is 0.0669. The standard InChI is InChI=1S/C15H31N5O.HI/c1-13(2)14(19-6-4-18(3)5-7-19)12-17-15(16)20-8-10-21-11-9-20;/h13-14H,4-12H2,1-3H3,(H2,16,17);1H. The molecule has 1 unspecified atom stereocenters. The third kappa shape index (κ3) is 5.82. The maximum Gasteiger partial charge on any atom is 0.191 e. The quantitative estimate of drug-likeness (QED) is 0.405. The second-order valence-corrected chi connectivity index (χ2v) is 6.45. The summed E-state index contributed by atoms with van der Waals surface area (Å²) in [6, 6.07) is 0.485. The number of ether oxygens (including phenoxy) is 1. The van der Waals surface area contributed by atoms with E-state index in [1.54, 1.807) is 0 Å². The topological polar surface area (TPSA) is 57.3 Å². The van der Waals surface area contributed by atoms with Crippen molar-refractivity contribution in [1.82, 2.24) is 14.7 Å². The Labute approximate surface area is 152 Å². The van der Waals surface area contributed by atoms with Gasteiger partial charge < -0.3 is 20.3 Å².